The maximum absolute atomic E-state index is 12.7. The molecule has 0 heterocycles. The maximum atomic E-state index is 12.7. The van der Waals surface area contributed by atoms with E-state index in [-0.39, 0.29) is 17.3 Å². The number of nitro groups is 1. The Labute approximate surface area is 163 Å². The number of hydrogen-bond acceptors (Lipinski definition) is 5. The molecule has 1 amide bonds. The number of carbonyl (C=O) groups excluding carboxylic acids is 1. The minimum absolute atomic E-state index is 0.125. The molecule has 1 atom stereocenters. The molecule has 0 aliphatic heterocycles. The summed E-state index contributed by atoms with van der Waals surface area (Å²) in [6.07, 6.45) is 4.23. The summed E-state index contributed by atoms with van der Waals surface area (Å²) in [6.45, 7) is 1.85. The van der Waals surface area contributed by atoms with Gasteiger partial charge < -0.3 is 14.8 Å². The van der Waals surface area contributed by atoms with E-state index in [1.54, 1.807) is 0 Å². The van der Waals surface area contributed by atoms with Gasteiger partial charge in [-0.05, 0) is 61.4 Å². The molecule has 2 aromatic carbocycles. The lowest BCUT2D eigenvalue weighted by atomic mass is 9.92. The highest BCUT2D eigenvalue weighted by Gasteiger charge is 2.22. The van der Waals surface area contributed by atoms with Gasteiger partial charge >= 0.3 is 0 Å². The number of non-ortho nitro benzene ring substituents is 1. The summed E-state index contributed by atoms with van der Waals surface area (Å²) in [6, 6.07) is 10.0. The average Bonchev–Trinajstić information content (AvgIpc) is 2.71. The number of anilines is 1. The van der Waals surface area contributed by atoms with Gasteiger partial charge in [-0.25, -0.2) is 0 Å². The molecule has 3 rings (SSSR count). The zero-order chi connectivity index (χ0) is 20.1. The Kier molecular flexibility index (Phi) is 6.13. The van der Waals surface area contributed by atoms with E-state index in [2.05, 4.69) is 11.4 Å². The lowest BCUT2D eigenvalue weighted by Crippen LogP contribution is -2.32. The second-order valence-corrected chi connectivity index (χ2v) is 6.78. The summed E-state index contributed by atoms with van der Waals surface area (Å²) in [5.41, 5.74) is 2.74. The van der Waals surface area contributed by atoms with Crippen LogP contribution < -0.4 is 14.8 Å². The largest absolute Gasteiger partial charge is 0.495 e. The molecular formula is C21H24N2O5. The van der Waals surface area contributed by atoms with Crippen molar-refractivity contribution in [1.82, 2.24) is 0 Å². The molecule has 1 unspecified atom stereocenters. The van der Waals surface area contributed by atoms with Gasteiger partial charge in [0, 0.05) is 12.1 Å². The third-order valence-electron chi connectivity index (χ3n) is 4.91. The molecule has 0 saturated carbocycles. The van der Waals surface area contributed by atoms with Crippen molar-refractivity contribution in [2.24, 2.45) is 0 Å². The standard InChI is InChI=1S/C21H24N2O5/c1-3-19(28-17-10-8-14-6-4-5-7-15(14)12-17)21(24)22-18-13-16(23(25)26)9-11-20(18)27-2/h8-13,19H,3-7H2,1-2H3,(H,22,24). The monoisotopic (exact) mass is 384 g/mol. The van der Waals surface area contributed by atoms with E-state index in [1.807, 2.05) is 19.1 Å². The first-order valence-corrected chi connectivity index (χ1v) is 9.43. The molecule has 1 aliphatic carbocycles. The number of nitro benzene ring substituents is 1. The number of carbonyl (C=O) groups is 1. The van der Waals surface area contributed by atoms with Crippen molar-refractivity contribution < 1.29 is 19.2 Å². The molecule has 0 saturated heterocycles. The van der Waals surface area contributed by atoms with Gasteiger partial charge in [0.15, 0.2) is 6.10 Å². The van der Waals surface area contributed by atoms with E-state index < -0.39 is 11.0 Å². The number of hydrogen-bond donors (Lipinski definition) is 1. The Hall–Kier alpha value is -3.09. The summed E-state index contributed by atoms with van der Waals surface area (Å²) < 4.78 is 11.1. The molecule has 148 valence electrons. The number of benzene rings is 2. The van der Waals surface area contributed by atoms with Crippen LogP contribution >= 0.6 is 0 Å². The van der Waals surface area contributed by atoms with Gasteiger partial charge in [0.25, 0.3) is 11.6 Å². The number of aryl methyl sites for hydroxylation is 2. The highest BCUT2D eigenvalue weighted by atomic mass is 16.6. The molecule has 7 heteroatoms. The fourth-order valence-electron chi connectivity index (χ4n) is 3.39. The Balaban J connectivity index is 1.75. The quantitative estimate of drug-likeness (QED) is 0.568. The zero-order valence-corrected chi connectivity index (χ0v) is 16.1. The van der Waals surface area contributed by atoms with E-state index in [9.17, 15) is 14.9 Å². The molecule has 0 spiro atoms. The summed E-state index contributed by atoms with van der Waals surface area (Å²) in [5.74, 6) is 0.634. The van der Waals surface area contributed by atoms with Crippen molar-refractivity contribution in [2.45, 2.75) is 45.1 Å². The van der Waals surface area contributed by atoms with Crippen LogP contribution in [-0.4, -0.2) is 24.0 Å². The van der Waals surface area contributed by atoms with Crippen molar-refractivity contribution in [2.75, 3.05) is 12.4 Å². The van der Waals surface area contributed by atoms with Crippen molar-refractivity contribution in [1.29, 1.82) is 0 Å². The molecule has 0 fully saturated rings. The van der Waals surface area contributed by atoms with E-state index in [1.165, 1.54) is 49.3 Å². The molecular weight excluding hydrogens is 360 g/mol. The van der Waals surface area contributed by atoms with Crippen LogP contribution in [0.15, 0.2) is 36.4 Å². The van der Waals surface area contributed by atoms with Crippen LogP contribution in [0.25, 0.3) is 0 Å². The number of fused-ring (bicyclic) bond motifs is 1. The Morgan fingerprint density at radius 2 is 1.93 bits per heavy atom. The van der Waals surface area contributed by atoms with Gasteiger partial charge in [-0.3, -0.25) is 14.9 Å². The first-order chi connectivity index (χ1) is 13.5. The third kappa shape index (κ3) is 4.42. The summed E-state index contributed by atoms with van der Waals surface area (Å²) >= 11 is 0. The summed E-state index contributed by atoms with van der Waals surface area (Å²) in [5, 5.41) is 13.7. The minimum atomic E-state index is -0.717. The van der Waals surface area contributed by atoms with E-state index in [0.29, 0.717) is 17.9 Å². The minimum Gasteiger partial charge on any atom is -0.495 e. The number of nitrogens with zero attached hydrogens (tertiary/aromatic N) is 1. The number of methoxy groups -OCH3 is 1. The number of amides is 1. The van der Waals surface area contributed by atoms with Crippen molar-refractivity contribution in [3.8, 4) is 11.5 Å². The number of rotatable bonds is 7. The van der Waals surface area contributed by atoms with E-state index >= 15 is 0 Å². The van der Waals surface area contributed by atoms with Gasteiger partial charge in [-0.2, -0.15) is 0 Å². The first-order valence-electron chi connectivity index (χ1n) is 9.43. The molecule has 0 radical (unpaired) electrons. The van der Waals surface area contributed by atoms with Gasteiger partial charge in [0.1, 0.15) is 11.5 Å². The fourth-order valence-corrected chi connectivity index (χ4v) is 3.39. The highest BCUT2D eigenvalue weighted by molar-refractivity contribution is 5.96. The van der Waals surface area contributed by atoms with Crippen LogP contribution in [0.4, 0.5) is 11.4 Å². The molecule has 0 aromatic heterocycles. The van der Waals surface area contributed by atoms with Crippen LogP contribution in [0, 0.1) is 10.1 Å². The SMILES string of the molecule is CCC(Oc1ccc2c(c1)CCCC2)C(=O)Nc1cc([N+](=O)[O-])ccc1OC. The molecule has 0 bridgehead atoms. The Morgan fingerprint density at radius 3 is 2.61 bits per heavy atom. The van der Waals surface area contributed by atoms with Crippen LogP contribution in [0.5, 0.6) is 11.5 Å². The predicted octanol–water partition coefficient (Wildman–Crippen LogP) is 4.28. The summed E-state index contributed by atoms with van der Waals surface area (Å²) in [7, 11) is 1.44. The lowest BCUT2D eigenvalue weighted by molar-refractivity contribution is -0.384. The second kappa shape index (κ2) is 8.73. The number of nitrogens with one attached hydrogen (secondary N) is 1. The van der Waals surface area contributed by atoms with Gasteiger partial charge in [0.05, 0.1) is 17.7 Å². The lowest BCUT2D eigenvalue weighted by Gasteiger charge is -2.21. The average molecular weight is 384 g/mol. The highest BCUT2D eigenvalue weighted by Crippen LogP contribution is 2.30. The maximum Gasteiger partial charge on any atom is 0.271 e. The van der Waals surface area contributed by atoms with Crippen LogP contribution in [0.2, 0.25) is 0 Å². The van der Waals surface area contributed by atoms with Gasteiger partial charge in [-0.1, -0.05) is 13.0 Å². The Morgan fingerprint density at radius 1 is 1.18 bits per heavy atom. The smallest absolute Gasteiger partial charge is 0.271 e. The normalized spacial score (nSPS) is 13.9. The topological polar surface area (TPSA) is 90.7 Å². The van der Waals surface area contributed by atoms with Gasteiger partial charge in [0.2, 0.25) is 0 Å². The third-order valence-corrected chi connectivity index (χ3v) is 4.91. The molecule has 1 N–H and O–H groups in total. The second-order valence-electron chi connectivity index (χ2n) is 6.78. The molecule has 1 aliphatic rings. The van der Waals surface area contributed by atoms with Crippen molar-refractivity contribution in [3.63, 3.8) is 0 Å². The van der Waals surface area contributed by atoms with Crippen molar-refractivity contribution in [3.05, 3.63) is 57.6 Å². The number of ether oxygens (including phenoxy) is 2. The van der Waals surface area contributed by atoms with E-state index in [4.69, 9.17) is 9.47 Å². The molecule has 28 heavy (non-hydrogen) atoms. The first kappa shape index (κ1) is 19.7. The van der Waals surface area contributed by atoms with E-state index in [0.717, 1.165) is 12.8 Å². The molecule has 2 aromatic rings. The summed E-state index contributed by atoms with van der Waals surface area (Å²) in [4.78, 5) is 23.2. The predicted molar refractivity (Wildman–Crippen MR) is 106 cm³/mol. The fraction of sp³-hybridized carbons (Fsp3) is 0.381. The van der Waals surface area contributed by atoms with Crippen molar-refractivity contribution >= 4 is 17.3 Å². The van der Waals surface area contributed by atoms with Gasteiger partial charge in [-0.15, -0.1) is 0 Å². The molecule has 7 nitrogen and oxygen atoms in total. The van der Waals surface area contributed by atoms with Crippen LogP contribution in [0.1, 0.15) is 37.3 Å². The Bertz CT molecular complexity index is 881. The zero-order valence-electron chi connectivity index (χ0n) is 16.1. The van der Waals surface area contributed by atoms with Crippen LogP contribution in [0.3, 0.4) is 0 Å². The van der Waals surface area contributed by atoms with Crippen LogP contribution in [-0.2, 0) is 17.6 Å².